The molecule has 98 valence electrons. The fourth-order valence-corrected chi connectivity index (χ4v) is 1.65. The lowest BCUT2D eigenvalue weighted by Crippen LogP contribution is -2.22. The van der Waals surface area contributed by atoms with Gasteiger partial charge in [0.1, 0.15) is 5.82 Å². The zero-order valence-electron chi connectivity index (χ0n) is 10.1. The second-order valence-corrected chi connectivity index (χ2v) is 4.14. The molecule has 1 aromatic rings. The number of rotatable bonds is 6. The third-order valence-electron chi connectivity index (χ3n) is 2.58. The molecule has 1 atom stereocenters. The number of nitrogens with one attached hydrogen (secondary N) is 1. The number of hydrogen-bond acceptors (Lipinski definition) is 2. The van der Waals surface area contributed by atoms with E-state index in [1.165, 1.54) is 0 Å². The van der Waals surface area contributed by atoms with Crippen LogP contribution in [0.3, 0.4) is 0 Å². The topological polar surface area (TPSA) is 29.9 Å². The van der Waals surface area contributed by atoms with Crippen molar-refractivity contribution in [3.05, 3.63) is 18.2 Å². The molecule has 0 saturated carbocycles. The van der Waals surface area contributed by atoms with Crippen LogP contribution in [0, 0.1) is 0 Å². The van der Waals surface area contributed by atoms with Gasteiger partial charge in [-0.15, -0.1) is 0 Å². The highest BCUT2D eigenvalue weighted by Gasteiger charge is 2.25. The van der Waals surface area contributed by atoms with Crippen LogP contribution in [0.25, 0.3) is 0 Å². The van der Waals surface area contributed by atoms with Crippen molar-refractivity contribution < 1.29 is 13.2 Å². The second kappa shape index (κ2) is 6.05. The summed E-state index contributed by atoms with van der Waals surface area (Å²) < 4.78 is 37.5. The average molecular weight is 249 g/mol. The lowest BCUT2D eigenvalue weighted by Gasteiger charge is -2.13. The SMILES string of the molecule is CC(NCCCCC(F)(F)F)c1nccn1C. The molecule has 0 fully saturated rings. The van der Waals surface area contributed by atoms with Crippen molar-refractivity contribution in [2.45, 2.75) is 38.4 Å². The first-order valence-electron chi connectivity index (χ1n) is 5.67. The monoisotopic (exact) mass is 249 g/mol. The van der Waals surface area contributed by atoms with E-state index in [0.717, 1.165) is 5.82 Å². The van der Waals surface area contributed by atoms with Crippen LogP contribution in [0.2, 0.25) is 0 Å². The minimum absolute atomic E-state index is 0.0564. The van der Waals surface area contributed by atoms with E-state index < -0.39 is 12.6 Å². The van der Waals surface area contributed by atoms with Crippen LogP contribution >= 0.6 is 0 Å². The number of nitrogens with zero attached hydrogens (tertiary/aromatic N) is 2. The Balaban J connectivity index is 2.17. The van der Waals surface area contributed by atoms with E-state index in [2.05, 4.69) is 10.3 Å². The molecule has 1 heterocycles. The molecule has 1 rings (SSSR count). The third kappa shape index (κ3) is 5.21. The summed E-state index contributed by atoms with van der Waals surface area (Å²) in [6, 6.07) is 0.0564. The minimum Gasteiger partial charge on any atom is -0.337 e. The fourth-order valence-electron chi connectivity index (χ4n) is 1.65. The maximum Gasteiger partial charge on any atom is 0.389 e. The van der Waals surface area contributed by atoms with Crippen LogP contribution in [-0.4, -0.2) is 22.3 Å². The smallest absolute Gasteiger partial charge is 0.337 e. The van der Waals surface area contributed by atoms with Crippen LogP contribution in [0.15, 0.2) is 12.4 Å². The van der Waals surface area contributed by atoms with Crippen LogP contribution in [0.4, 0.5) is 13.2 Å². The molecule has 0 saturated heterocycles. The van der Waals surface area contributed by atoms with Crippen LogP contribution in [0.5, 0.6) is 0 Å². The molecule has 1 aromatic heterocycles. The fraction of sp³-hybridized carbons (Fsp3) is 0.727. The van der Waals surface area contributed by atoms with Gasteiger partial charge in [-0.05, 0) is 26.3 Å². The van der Waals surface area contributed by atoms with Gasteiger partial charge in [-0.1, -0.05) is 0 Å². The molecule has 0 amide bonds. The van der Waals surface area contributed by atoms with Gasteiger partial charge in [0.05, 0.1) is 6.04 Å². The second-order valence-electron chi connectivity index (χ2n) is 4.14. The van der Waals surface area contributed by atoms with Gasteiger partial charge < -0.3 is 9.88 Å². The Morgan fingerprint density at radius 2 is 2.12 bits per heavy atom. The lowest BCUT2D eigenvalue weighted by atomic mass is 10.2. The summed E-state index contributed by atoms with van der Waals surface area (Å²) in [5.74, 6) is 0.890. The summed E-state index contributed by atoms with van der Waals surface area (Å²) in [4.78, 5) is 4.17. The Morgan fingerprint density at radius 1 is 1.41 bits per heavy atom. The Labute approximate surface area is 99.0 Å². The van der Waals surface area contributed by atoms with E-state index in [1.807, 2.05) is 24.7 Å². The van der Waals surface area contributed by atoms with E-state index in [1.54, 1.807) is 6.20 Å². The van der Waals surface area contributed by atoms with Crippen LogP contribution in [-0.2, 0) is 7.05 Å². The number of imidazole rings is 1. The number of halogens is 3. The van der Waals surface area contributed by atoms with E-state index in [4.69, 9.17) is 0 Å². The number of unbranched alkanes of at least 4 members (excludes halogenated alkanes) is 1. The summed E-state index contributed by atoms with van der Waals surface area (Å²) in [7, 11) is 1.89. The zero-order valence-corrected chi connectivity index (χ0v) is 10.1. The largest absolute Gasteiger partial charge is 0.389 e. The molecule has 1 N–H and O–H groups in total. The number of alkyl halides is 3. The number of hydrogen-bond donors (Lipinski definition) is 1. The van der Waals surface area contributed by atoms with Crippen molar-refractivity contribution in [3.63, 3.8) is 0 Å². The van der Waals surface area contributed by atoms with E-state index in [9.17, 15) is 13.2 Å². The predicted molar refractivity (Wildman–Crippen MR) is 59.5 cm³/mol. The van der Waals surface area contributed by atoms with Gasteiger partial charge in [-0.3, -0.25) is 0 Å². The molecule has 1 unspecified atom stereocenters. The molecule has 6 heteroatoms. The Bertz CT molecular complexity index is 333. The molecule has 0 aromatic carbocycles. The van der Waals surface area contributed by atoms with Gasteiger partial charge in [0.15, 0.2) is 0 Å². The highest BCUT2D eigenvalue weighted by Crippen LogP contribution is 2.22. The van der Waals surface area contributed by atoms with E-state index in [-0.39, 0.29) is 12.5 Å². The molecular formula is C11H18F3N3. The summed E-state index contributed by atoms with van der Waals surface area (Å²) in [5.41, 5.74) is 0. The third-order valence-corrected chi connectivity index (χ3v) is 2.58. The molecule has 3 nitrogen and oxygen atoms in total. The maximum atomic E-state index is 11.9. The molecular weight excluding hydrogens is 231 g/mol. The van der Waals surface area contributed by atoms with Gasteiger partial charge in [0.25, 0.3) is 0 Å². The summed E-state index contributed by atoms with van der Waals surface area (Å²) in [6.07, 6.45) is -0.497. The molecule has 0 spiro atoms. The molecule has 17 heavy (non-hydrogen) atoms. The lowest BCUT2D eigenvalue weighted by molar-refractivity contribution is -0.135. The average Bonchev–Trinajstić information content (AvgIpc) is 2.62. The van der Waals surface area contributed by atoms with Crippen LogP contribution < -0.4 is 5.32 Å². The Kier molecular flexibility index (Phi) is 4.99. The van der Waals surface area contributed by atoms with Crippen LogP contribution in [0.1, 0.15) is 38.1 Å². The standard InChI is InChI=1S/C11H18F3N3/c1-9(10-16-7-8-17(10)2)15-6-4-3-5-11(12,13)14/h7-9,15H,3-6H2,1-2H3. The number of aryl methyl sites for hydroxylation is 1. The number of aromatic nitrogens is 2. The predicted octanol–water partition coefficient (Wildman–Crippen LogP) is 2.80. The first-order valence-corrected chi connectivity index (χ1v) is 5.67. The van der Waals surface area contributed by atoms with Crippen molar-refractivity contribution in [1.29, 1.82) is 0 Å². The summed E-state index contributed by atoms with van der Waals surface area (Å²) in [6.45, 7) is 2.52. The molecule has 0 aliphatic heterocycles. The first-order chi connectivity index (χ1) is 7.90. The van der Waals surface area contributed by atoms with Gasteiger partial charge >= 0.3 is 6.18 Å². The normalized spacial score (nSPS) is 13.9. The van der Waals surface area contributed by atoms with E-state index >= 15 is 0 Å². The molecule has 0 radical (unpaired) electrons. The highest BCUT2D eigenvalue weighted by atomic mass is 19.4. The molecule has 0 aliphatic rings. The zero-order chi connectivity index (χ0) is 12.9. The molecule has 0 aliphatic carbocycles. The summed E-state index contributed by atoms with van der Waals surface area (Å²) in [5, 5.41) is 3.16. The van der Waals surface area contributed by atoms with Crippen molar-refractivity contribution in [1.82, 2.24) is 14.9 Å². The quantitative estimate of drug-likeness (QED) is 0.786. The van der Waals surface area contributed by atoms with Gasteiger partial charge in [0.2, 0.25) is 0 Å². The van der Waals surface area contributed by atoms with Crippen molar-refractivity contribution in [2.24, 2.45) is 7.05 Å². The van der Waals surface area contributed by atoms with E-state index in [0.29, 0.717) is 13.0 Å². The van der Waals surface area contributed by atoms with Crippen molar-refractivity contribution in [3.8, 4) is 0 Å². The Hall–Kier alpha value is -1.04. The highest BCUT2D eigenvalue weighted by molar-refractivity contribution is 4.96. The van der Waals surface area contributed by atoms with Crippen molar-refractivity contribution in [2.75, 3.05) is 6.54 Å². The first kappa shape index (κ1) is 14.0. The van der Waals surface area contributed by atoms with Crippen molar-refractivity contribution >= 4 is 0 Å². The Morgan fingerprint density at radius 3 is 2.65 bits per heavy atom. The van der Waals surface area contributed by atoms with Gasteiger partial charge in [-0.25, -0.2) is 4.98 Å². The van der Waals surface area contributed by atoms with Gasteiger partial charge in [-0.2, -0.15) is 13.2 Å². The minimum atomic E-state index is -4.04. The molecule has 0 bridgehead atoms. The summed E-state index contributed by atoms with van der Waals surface area (Å²) >= 11 is 0. The maximum absolute atomic E-state index is 11.9. The van der Waals surface area contributed by atoms with Gasteiger partial charge in [0, 0.05) is 25.9 Å².